The molecule has 128 valence electrons. The minimum absolute atomic E-state index is 0.125. The van der Waals surface area contributed by atoms with Gasteiger partial charge in [-0.2, -0.15) is 0 Å². The van der Waals surface area contributed by atoms with Crippen LogP contribution in [-0.2, 0) is 6.42 Å². The Kier molecular flexibility index (Phi) is 6.01. The van der Waals surface area contributed by atoms with Crippen LogP contribution in [0.4, 0.5) is 0 Å². The third-order valence-electron chi connectivity index (χ3n) is 3.73. The molecule has 1 amide bonds. The smallest absolute Gasteiger partial charge is 0.259 e. The van der Waals surface area contributed by atoms with E-state index in [1.165, 1.54) is 7.11 Å². The number of hydrogen-bond acceptors (Lipinski definition) is 5. The summed E-state index contributed by atoms with van der Waals surface area (Å²) in [7, 11) is 6.47. The lowest BCUT2D eigenvalue weighted by Gasteiger charge is -2.18. The fourth-order valence-corrected chi connectivity index (χ4v) is 2.36. The summed E-state index contributed by atoms with van der Waals surface area (Å²) in [6.45, 7) is 0.562. The molecule has 0 bridgehead atoms. The van der Waals surface area contributed by atoms with Crippen molar-refractivity contribution in [3.8, 4) is 17.4 Å². The predicted molar refractivity (Wildman–Crippen MR) is 91.0 cm³/mol. The molecule has 24 heavy (non-hydrogen) atoms. The maximum absolute atomic E-state index is 12.5. The summed E-state index contributed by atoms with van der Waals surface area (Å²) in [4.78, 5) is 18.2. The second-order valence-electron chi connectivity index (χ2n) is 5.23. The Bertz CT molecular complexity index is 703. The molecule has 6 heteroatoms. The van der Waals surface area contributed by atoms with Crippen molar-refractivity contribution in [1.29, 1.82) is 0 Å². The lowest BCUT2D eigenvalue weighted by molar-refractivity contribution is 0.0792. The molecule has 0 saturated carbocycles. The number of methoxy groups -OCH3 is 3. The highest BCUT2D eigenvalue weighted by molar-refractivity contribution is 5.96. The lowest BCUT2D eigenvalue weighted by atomic mass is 10.1. The van der Waals surface area contributed by atoms with E-state index in [4.69, 9.17) is 14.2 Å². The summed E-state index contributed by atoms with van der Waals surface area (Å²) >= 11 is 0. The number of rotatable bonds is 7. The van der Waals surface area contributed by atoms with Crippen molar-refractivity contribution < 1.29 is 19.0 Å². The van der Waals surface area contributed by atoms with E-state index < -0.39 is 0 Å². The summed E-state index contributed by atoms with van der Waals surface area (Å²) in [5.74, 6) is 1.57. The third-order valence-corrected chi connectivity index (χ3v) is 3.73. The van der Waals surface area contributed by atoms with Gasteiger partial charge in [-0.3, -0.25) is 4.79 Å². The fraction of sp³-hybridized carbons (Fsp3) is 0.333. The number of pyridine rings is 1. The van der Waals surface area contributed by atoms with E-state index in [2.05, 4.69) is 4.98 Å². The van der Waals surface area contributed by atoms with Crippen LogP contribution < -0.4 is 14.2 Å². The molecule has 1 heterocycles. The molecule has 0 radical (unpaired) electrons. The molecular weight excluding hydrogens is 308 g/mol. The number of carbonyl (C=O) groups excluding carboxylic acids is 1. The van der Waals surface area contributed by atoms with Crippen molar-refractivity contribution in [2.45, 2.75) is 6.42 Å². The molecule has 0 spiro atoms. The molecule has 6 nitrogen and oxygen atoms in total. The number of aromatic nitrogens is 1. The molecule has 1 aromatic carbocycles. The number of amides is 1. The van der Waals surface area contributed by atoms with Crippen molar-refractivity contribution in [3.63, 3.8) is 0 Å². The maximum Gasteiger partial charge on any atom is 0.259 e. The quantitative estimate of drug-likeness (QED) is 0.780. The summed E-state index contributed by atoms with van der Waals surface area (Å²) in [6, 6.07) is 9.17. The van der Waals surface area contributed by atoms with Gasteiger partial charge in [0.15, 0.2) is 11.5 Å². The normalized spacial score (nSPS) is 10.2. The standard InChI is InChI=1S/C18H22N2O4/c1-20(18(21)14-6-5-10-19-17(14)24-4)11-9-13-7-8-15(22-2)16(12-13)23-3/h5-8,10,12H,9,11H2,1-4H3. The van der Waals surface area contributed by atoms with E-state index in [1.807, 2.05) is 18.2 Å². The van der Waals surface area contributed by atoms with E-state index in [-0.39, 0.29) is 5.91 Å². The fourth-order valence-electron chi connectivity index (χ4n) is 2.36. The van der Waals surface area contributed by atoms with Crippen molar-refractivity contribution in [1.82, 2.24) is 9.88 Å². The van der Waals surface area contributed by atoms with E-state index in [1.54, 1.807) is 44.5 Å². The summed E-state index contributed by atoms with van der Waals surface area (Å²) in [5, 5.41) is 0. The van der Waals surface area contributed by atoms with Crippen molar-refractivity contribution >= 4 is 5.91 Å². The molecule has 2 rings (SSSR count). The van der Waals surface area contributed by atoms with Crippen molar-refractivity contribution in [3.05, 3.63) is 47.7 Å². The number of ether oxygens (including phenoxy) is 3. The zero-order valence-corrected chi connectivity index (χ0v) is 14.4. The molecule has 0 saturated heterocycles. The van der Waals surface area contributed by atoms with Gasteiger partial charge in [0, 0.05) is 19.8 Å². The van der Waals surface area contributed by atoms with Crippen LogP contribution in [0, 0.1) is 0 Å². The summed E-state index contributed by atoms with van der Waals surface area (Å²) in [6.07, 6.45) is 2.30. The second kappa shape index (κ2) is 8.19. The number of likely N-dealkylation sites (N-methyl/N-ethyl adjacent to an activating group) is 1. The number of benzene rings is 1. The highest BCUT2D eigenvalue weighted by Crippen LogP contribution is 2.27. The molecule has 1 aromatic heterocycles. The number of nitrogens with zero attached hydrogens (tertiary/aromatic N) is 2. The first-order valence-electron chi connectivity index (χ1n) is 7.56. The first-order valence-corrected chi connectivity index (χ1v) is 7.56. The first-order chi connectivity index (χ1) is 11.6. The molecular formula is C18H22N2O4. The molecule has 0 aliphatic rings. The molecule has 0 unspecified atom stereocenters. The third kappa shape index (κ3) is 3.95. The van der Waals surface area contributed by atoms with E-state index in [0.717, 1.165) is 5.56 Å². The minimum atomic E-state index is -0.125. The van der Waals surface area contributed by atoms with Crippen LogP contribution in [0.25, 0.3) is 0 Å². The lowest BCUT2D eigenvalue weighted by Crippen LogP contribution is -2.29. The number of carbonyl (C=O) groups is 1. The van der Waals surface area contributed by atoms with Gasteiger partial charge in [-0.1, -0.05) is 6.07 Å². The van der Waals surface area contributed by atoms with Crippen LogP contribution >= 0.6 is 0 Å². The van der Waals surface area contributed by atoms with E-state index >= 15 is 0 Å². The van der Waals surface area contributed by atoms with Crippen LogP contribution in [-0.4, -0.2) is 50.7 Å². The van der Waals surface area contributed by atoms with Gasteiger partial charge in [0.25, 0.3) is 5.91 Å². The first kappa shape index (κ1) is 17.6. The van der Waals surface area contributed by atoms with Crippen LogP contribution in [0.2, 0.25) is 0 Å². The highest BCUT2D eigenvalue weighted by Gasteiger charge is 2.17. The van der Waals surface area contributed by atoms with Crippen LogP contribution in [0.5, 0.6) is 17.4 Å². The van der Waals surface area contributed by atoms with Gasteiger partial charge in [0.2, 0.25) is 5.88 Å². The zero-order valence-electron chi connectivity index (χ0n) is 14.4. The minimum Gasteiger partial charge on any atom is -0.493 e. The van der Waals surface area contributed by atoms with Crippen molar-refractivity contribution in [2.24, 2.45) is 0 Å². The van der Waals surface area contributed by atoms with E-state index in [9.17, 15) is 4.79 Å². The Morgan fingerprint density at radius 2 is 1.83 bits per heavy atom. The van der Waals surface area contributed by atoms with Gasteiger partial charge in [0.05, 0.1) is 21.3 Å². The average Bonchev–Trinajstić information content (AvgIpc) is 2.64. The zero-order chi connectivity index (χ0) is 17.5. The van der Waals surface area contributed by atoms with Gasteiger partial charge in [-0.15, -0.1) is 0 Å². The van der Waals surface area contributed by atoms with Gasteiger partial charge < -0.3 is 19.1 Å². The van der Waals surface area contributed by atoms with Crippen LogP contribution in [0.3, 0.4) is 0 Å². The Hall–Kier alpha value is -2.76. The van der Waals surface area contributed by atoms with Gasteiger partial charge >= 0.3 is 0 Å². The average molecular weight is 330 g/mol. The second-order valence-corrected chi connectivity index (χ2v) is 5.23. The molecule has 0 aliphatic carbocycles. The van der Waals surface area contributed by atoms with Gasteiger partial charge in [-0.05, 0) is 36.2 Å². The Morgan fingerprint density at radius 1 is 1.08 bits per heavy atom. The Morgan fingerprint density at radius 3 is 2.50 bits per heavy atom. The SMILES string of the molecule is COc1ccc(CCN(C)C(=O)c2cccnc2OC)cc1OC. The number of hydrogen-bond donors (Lipinski definition) is 0. The van der Waals surface area contributed by atoms with E-state index in [0.29, 0.717) is 35.9 Å². The predicted octanol–water partition coefficient (Wildman–Crippen LogP) is 2.42. The maximum atomic E-state index is 12.5. The molecule has 0 aliphatic heterocycles. The van der Waals surface area contributed by atoms with Crippen molar-refractivity contribution in [2.75, 3.05) is 34.9 Å². The van der Waals surface area contributed by atoms with Crippen LogP contribution in [0.15, 0.2) is 36.5 Å². The monoisotopic (exact) mass is 330 g/mol. The molecule has 2 aromatic rings. The Balaban J connectivity index is 2.05. The molecule has 0 N–H and O–H groups in total. The summed E-state index contributed by atoms with van der Waals surface area (Å²) in [5.41, 5.74) is 1.51. The Labute approximate surface area is 142 Å². The van der Waals surface area contributed by atoms with Gasteiger partial charge in [0.1, 0.15) is 5.56 Å². The highest BCUT2D eigenvalue weighted by atomic mass is 16.5. The topological polar surface area (TPSA) is 60.9 Å². The largest absolute Gasteiger partial charge is 0.493 e. The molecule has 0 atom stereocenters. The molecule has 0 fully saturated rings. The van der Waals surface area contributed by atoms with Gasteiger partial charge in [-0.25, -0.2) is 4.98 Å². The summed E-state index contributed by atoms with van der Waals surface area (Å²) < 4.78 is 15.7. The van der Waals surface area contributed by atoms with Crippen LogP contribution in [0.1, 0.15) is 15.9 Å².